The topological polar surface area (TPSA) is 53.0 Å². The molecule has 168 valence electrons. The first-order valence-electron chi connectivity index (χ1n) is 10.1. The van der Waals surface area contributed by atoms with E-state index in [4.69, 9.17) is 0 Å². The van der Waals surface area contributed by atoms with Gasteiger partial charge in [-0.15, -0.1) is 3.77 Å². The molecule has 1 aromatic rings. The molecule has 0 spiro atoms. The molecule has 0 saturated heterocycles. The van der Waals surface area contributed by atoms with Gasteiger partial charge in [0.05, 0.1) is 16.0 Å². The van der Waals surface area contributed by atoms with Crippen LogP contribution in [-0.4, -0.2) is 39.2 Å². The van der Waals surface area contributed by atoms with Crippen molar-refractivity contribution in [3.8, 4) is 0 Å². The zero-order valence-electron chi connectivity index (χ0n) is 20.4. The molecule has 0 unspecified atom stereocenters. The summed E-state index contributed by atoms with van der Waals surface area (Å²) in [7, 11) is -3.84. The molecule has 1 aromatic carbocycles. The molecule has 0 aliphatic heterocycles. The van der Waals surface area contributed by atoms with Crippen LogP contribution in [0.1, 0.15) is 83.1 Å². The average Bonchev–Trinajstić information content (AvgIpc) is 2.41. The molecule has 0 bridgehead atoms. The Labute approximate surface area is 182 Å². The van der Waals surface area contributed by atoms with Crippen molar-refractivity contribution in [3.05, 3.63) is 30.3 Å². The minimum atomic E-state index is -3.84. The maximum atomic E-state index is 13.3. The molecule has 0 fully saturated rings. The molecule has 29 heavy (non-hydrogen) atoms. The van der Waals surface area contributed by atoms with Gasteiger partial charge in [-0.1, -0.05) is 18.2 Å². The van der Waals surface area contributed by atoms with Crippen molar-refractivity contribution < 1.29 is 8.42 Å². The Morgan fingerprint density at radius 3 is 1.24 bits per heavy atom. The second kappa shape index (κ2) is 8.40. The lowest BCUT2D eigenvalue weighted by Crippen LogP contribution is -2.63. The van der Waals surface area contributed by atoms with Crippen LogP contribution < -0.4 is 0 Å². The Morgan fingerprint density at radius 1 is 0.655 bits per heavy atom. The first-order chi connectivity index (χ1) is 12.7. The van der Waals surface area contributed by atoms with E-state index in [9.17, 15) is 8.42 Å². The number of sulfonamides is 1. The third-order valence-corrected chi connectivity index (χ3v) is 9.00. The highest BCUT2D eigenvalue weighted by atomic mass is 32.3. The second-order valence-corrected chi connectivity index (χ2v) is 14.6. The van der Waals surface area contributed by atoms with Crippen LogP contribution in [0.3, 0.4) is 0 Å². The maximum absolute atomic E-state index is 13.3. The number of benzene rings is 1. The van der Waals surface area contributed by atoms with Crippen molar-refractivity contribution in [1.29, 1.82) is 0 Å². The summed E-state index contributed by atoms with van der Waals surface area (Å²) >= 11 is -1.04. The van der Waals surface area contributed by atoms with E-state index < -0.39 is 21.1 Å². The summed E-state index contributed by atoms with van der Waals surface area (Å²) in [6.07, 6.45) is 0. The summed E-state index contributed by atoms with van der Waals surface area (Å²) in [5, 5.41) is 0. The van der Waals surface area contributed by atoms with Crippen LogP contribution in [0.2, 0.25) is 0 Å². The maximum Gasteiger partial charge on any atom is 0.290 e. The number of nitrogens with zero attached hydrogens (tertiary/aromatic N) is 3. The molecule has 0 heterocycles. The van der Waals surface area contributed by atoms with E-state index in [1.807, 2.05) is 6.07 Å². The molecular formula is C22H41N3O2S2. The quantitative estimate of drug-likeness (QED) is 0.589. The molecule has 0 aromatic heterocycles. The molecule has 7 heteroatoms. The number of hydrogen-bond donors (Lipinski definition) is 0. The fraction of sp³-hybridized carbons (Fsp3) is 0.727. The third-order valence-electron chi connectivity index (χ3n) is 3.97. The highest BCUT2D eigenvalue weighted by Gasteiger charge is 2.44. The van der Waals surface area contributed by atoms with Crippen LogP contribution in [0, 0.1) is 0 Å². The lowest BCUT2D eigenvalue weighted by Gasteiger charge is -2.54. The van der Waals surface area contributed by atoms with E-state index in [-0.39, 0.29) is 27.1 Å². The van der Waals surface area contributed by atoms with Gasteiger partial charge in [0.2, 0.25) is 0 Å². The van der Waals surface area contributed by atoms with E-state index in [1.54, 1.807) is 24.3 Å². The van der Waals surface area contributed by atoms with Gasteiger partial charge >= 0.3 is 0 Å². The third kappa shape index (κ3) is 6.88. The van der Waals surface area contributed by atoms with Crippen molar-refractivity contribution in [2.45, 2.75) is 110 Å². The van der Waals surface area contributed by atoms with Gasteiger partial charge < -0.3 is 0 Å². The van der Waals surface area contributed by atoms with E-state index in [0.717, 1.165) is 0 Å². The van der Waals surface area contributed by atoms with Crippen LogP contribution in [0.4, 0.5) is 0 Å². The van der Waals surface area contributed by atoms with Crippen LogP contribution >= 0.6 is 0 Å². The van der Waals surface area contributed by atoms with E-state index >= 15 is 0 Å². The predicted octanol–water partition coefficient (Wildman–Crippen LogP) is 5.81. The normalized spacial score (nSPS) is 14.7. The zero-order chi connectivity index (χ0) is 23.1. The summed E-state index contributed by atoms with van der Waals surface area (Å²) in [5.41, 5.74) is -1.20. The van der Waals surface area contributed by atoms with E-state index in [2.05, 4.69) is 95.5 Å². The van der Waals surface area contributed by atoms with Crippen LogP contribution in [0.25, 0.3) is 0 Å². The minimum Gasteiger partial charge on any atom is -0.217 e. The summed E-state index contributed by atoms with van der Waals surface area (Å²) in [6, 6.07) is 8.50. The smallest absolute Gasteiger partial charge is 0.217 e. The fourth-order valence-corrected chi connectivity index (χ4v) is 8.07. The van der Waals surface area contributed by atoms with Gasteiger partial charge in [-0.25, -0.2) is 8.61 Å². The average molecular weight is 444 g/mol. The van der Waals surface area contributed by atoms with E-state index in [0.29, 0.717) is 0 Å². The van der Waals surface area contributed by atoms with Crippen molar-refractivity contribution in [1.82, 2.24) is 8.61 Å². The first kappa shape index (κ1) is 26.3. The van der Waals surface area contributed by atoms with Gasteiger partial charge in [-0.05, 0) is 95.2 Å². The monoisotopic (exact) mass is 443 g/mol. The predicted molar refractivity (Wildman–Crippen MR) is 126 cm³/mol. The second-order valence-electron chi connectivity index (χ2n) is 11.4. The van der Waals surface area contributed by atoms with Gasteiger partial charge in [0, 0.05) is 22.2 Å². The number of rotatable bonds is 4. The van der Waals surface area contributed by atoms with Crippen molar-refractivity contribution in [2.24, 2.45) is 3.77 Å². The Balaban J connectivity index is 3.97. The van der Waals surface area contributed by atoms with Gasteiger partial charge in [-0.3, -0.25) is 0 Å². The molecule has 0 saturated carbocycles. The van der Waals surface area contributed by atoms with Crippen molar-refractivity contribution in [2.75, 3.05) is 0 Å². The molecule has 1 rings (SSSR count). The summed E-state index contributed by atoms with van der Waals surface area (Å²) in [4.78, 5) is 0.225. The molecule has 5 nitrogen and oxygen atoms in total. The van der Waals surface area contributed by atoms with Gasteiger partial charge in [0.15, 0.2) is 0 Å². The van der Waals surface area contributed by atoms with Gasteiger partial charge in [0.25, 0.3) is 10.0 Å². The fourth-order valence-electron chi connectivity index (χ4n) is 3.86. The highest BCUT2D eigenvalue weighted by Crippen LogP contribution is 2.37. The largest absolute Gasteiger partial charge is 0.290 e. The summed E-state index contributed by atoms with van der Waals surface area (Å²) in [5.74, 6) is 0. The molecule has 0 aliphatic rings. The van der Waals surface area contributed by atoms with Crippen molar-refractivity contribution in [3.63, 3.8) is 0 Å². The number of hydrogen-bond acceptors (Lipinski definition) is 2. The van der Waals surface area contributed by atoms with E-state index in [1.165, 1.54) is 0 Å². The Kier molecular flexibility index (Phi) is 7.61. The zero-order valence-corrected chi connectivity index (χ0v) is 22.0. The molecule has 0 aliphatic carbocycles. The van der Waals surface area contributed by atoms with Gasteiger partial charge in [0.1, 0.15) is 0 Å². The summed E-state index contributed by atoms with van der Waals surface area (Å²) in [6.45, 7) is 25.4. The first-order valence-corrected chi connectivity index (χ1v) is 12.6. The lowest BCUT2D eigenvalue weighted by molar-refractivity contribution is 0.106. The molecule has 0 amide bonds. The van der Waals surface area contributed by atoms with Gasteiger partial charge in [-0.2, -0.15) is 8.42 Å². The highest BCUT2D eigenvalue weighted by molar-refractivity contribution is 7.98. The van der Waals surface area contributed by atoms with Crippen LogP contribution in [-0.2, 0) is 21.1 Å². The Morgan fingerprint density at radius 2 is 0.966 bits per heavy atom. The lowest BCUT2D eigenvalue weighted by atomic mass is 10.0. The Bertz CT molecular complexity index is 758. The SMILES string of the molecule is CC(C)(C)N(S(=NS(=O)(=O)c1ccccc1)N(C(C)(C)C)C(C)(C)C)C(C)(C)C. The van der Waals surface area contributed by atoms with Crippen LogP contribution in [0.5, 0.6) is 0 Å². The summed E-state index contributed by atoms with van der Waals surface area (Å²) < 4.78 is 35.8. The molecule has 0 atom stereocenters. The molecular weight excluding hydrogens is 402 g/mol. The van der Waals surface area contributed by atoms with Crippen LogP contribution in [0.15, 0.2) is 39.0 Å². The molecule has 0 radical (unpaired) electrons. The van der Waals surface area contributed by atoms with Crippen molar-refractivity contribution >= 4 is 21.1 Å². The Hall–Kier alpha value is -0.760. The molecule has 0 N–H and O–H groups in total. The standard InChI is InChI=1S/C22H41N3O2S2/c1-19(2,3)24(20(4,5)6)28(25(21(7,8)9)22(10,11)12)23-29(26,27)18-16-14-13-15-17-18/h13-17H,1-12H3. The minimum absolute atomic E-state index is 0.225.